The first-order valence-electron chi connectivity index (χ1n) is 20.0. The highest BCUT2D eigenvalue weighted by Gasteiger charge is 2.27. The summed E-state index contributed by atoms with van der Waals surface area (Å²) in [7, 11) is 0. The number of aryl methyl sites for hydroxylation is 2. The highest BCUT2D eigenvalue weighted by atomic mass is 14.8. The van der Waals surface area contributed by atoms with E-state index in [1.807, 2.05) is 12.4 Å². The lowest BCUT2D eigenvalue weighted by molar-refractivity contribution is 0.436. The normalized spacial score (nSPS) is 21.0. The number of hydrogen-bond donors (Lipinski definition) is 0. The van der Waals surface area contributed by atoms with E-state index >= 15 is 0 Å². The van der Waals surface area contributed by atoms with Gasteiger partial charge in [0.25, 0.3) is 0 Å². The summed E-state index contributed by atoms with van der Waals surface area (Å²) in [5.74, 6) is 2.52. The molecule has 1 heterocycles. The summed E-state index contributed by atoms with van der Waals surface area (Å²) >= 11 is 0. The lowest BCUT2D eigenvalue weighted by Gasteiger charge is -2.29. The molecule has 254 valence electrons. The number of aromatic nitrogens is 1. The molecule has 0 amide bonds. The third kappa shape index (κ3) is 8.03. The van der Waals surface area contributed by atoms with Crippen LogP contribution in [0.4, 0.5) is 11.4 Å². The monoisotopic (exact) mass is 641 g/mol. The fourth-order valence-corrected chi connectivity index (χ4v) is 9.74. The van der Waals surface area contributed by atoms with Crippen LogP contribution in [0.1, 0.15) is 197 Å². The number of aliphatic imine (C=N–C) groups is 2. The lowest BCUT2D eigenvalue weighted by Crippen LogP contribution is -2.10. The van der Waals surface area contributed by atoms with Gasteiger partial charge >= 0.3 is 0 Å². The van der Waals surface area contributed by atoms with Gasteiger partial charge in [0, 0.05) is 0 Å². The molecule has 3 heteroatoms. The maximum Gasteiger partial charge on any atom is 0.0820 e. The van der Waals surface area contributed by atoms with Crippen molar-refractivity contribution in [2.75, 3.05) is 0 Å². The molecule has 3 aromatic rings. The van der Waals surface area contributed by atoms with Crippen LogP contribution in [-0.2, 0) is 0 Å². The molecular weight excluding hydrogens is 583 g/mol. The third-order valence-corrected chi connectivity index (χ3v) is 12.3. The van der Waals surface area contributed by atoms with E-state index in [9.17, 15) is 0 Å². The van der Waals surface area contributed by atoms with Crippen LogP contribution in [0.15, 0.2) is 52.4 Å². The van der Waals surface area contributed by atoms with Gasteiger partial charge in [-0.2, -0.15) is 0 Å². The average Bonchev–Trinajstić information content (AvgIpc) is 3.15. The molecule has 0 aliphatic heterocycles. The number of benzene rings is 2. The summed E-state index contributed by atoms with van der Waals surface area (Å²) in [4.78, 5) is 15.8. The average molecular weight is 642 g/mol. The maximum atomic E-state index is 5.36. The Kier molecular flexibility index (Phi) is 11.2. The molecule has 0 unspecified atom stereocenters. The Morgan fingerprint density at radius 1 is 0.458 bits per heavy atom. The summed E-state index contributed by atoms with van der Waals surface area (Å²) < 4.78 is 0. The first-order valence-corrected chi connectivity index (χ1v) is 20.0. The van der Waals surface area contributed by atoms with Crippen LogP contribution in [0, 0.1) is 13.8 Å². The number of nitrogens with zero attached hydrogens (tertiary/aromatic N) is 3. The highest BCUT2D eigenvalue weighted by molar-refractivity contribution is 5.85. The van der Waals surface area contributed by atoms with Gasteiger partial charge in [-0.05, 0) is 123 Å². The molecule has 0 spiro atoms. The van der Waals surface area contributed by atoms with E-state index in [1.165, 1.54) is 173 Å². The van der Waals surface area contributed by atoms with Crippen molar-refractivity contribution in [2.24, 2.45) is 9.98 Å². The zero-order chi connectivity index (χ0) is 32.7. The Hall–Kier alpha value is -3.07. The van der Waals surface area contributed by atoms with E-state index in [-0.39, 0.29) is 0 Å². The Morgan fingerprint density at radius 3 is 1.04 bits per heavy atom. The van der Waals surface area contributed by atoms with Crippen molar-refractivity contribution in [1.29, 1.82) is 0 Å². The second-order valence-corrected chi connectivity index (χ2v) is 15.9. The van der Waals surface area contributed by atoms with Crippen LogP contribution in [0.5, 0.6) is 0 Å². The van der Waals surface area contributed by atoms with E-state index < -0.39 is 0 Å². The molecule has 7 rings (SSSR count). The van der Waals surface area contributed by atoms with Gasteiger partial charge < -0.3 is 0 Å². The standard InChI is InChI=1S/C45H59N3/c1-32-26-40(34-16-7-3-8-17-34)44(41(27-32)35-18-9-4-10-19-35)46-30-38-24-15-25-39(48-38)31-47-45-42(36-20-11-5-12-21-36)28-33(2)29-43(45)37-22-13-6-14-23-37/h15,24-31,34-37H,3-14,16-23H2,1-2H3. The first kappa shape index (κ1) is 33.4. The molecule has 0 bridgehead atoms. The number of rotatable bonds is 8. The Bertz CT molecular complexity index is 1380. The molecule has 4 aliphatic carbocycles. The van der Waals surface area contributed by atoms with Gasteiger partial charge in [0.1, 0.15) is 0 Å². The molecular formula is C45H59N3. The minimum atomic E-state index is 0.630. The maximum absolute atomic E-state index is 5.36. The molecule has 4 saturated carbocycles. The van der Waals surface area contributed by atoms with Crippen LogP contribution in [-0.4, -0.2) is 17.4 Å². The minimum absolute atomic E-state index is 0.630. The van der Waals surface area contributed by atoms with E-state index in [1.54, 1.807) is 0 Å². The van der Waals surface area contributed by atoms with Crippen molar-refractivity contribution < 1.29 is 0 Å². The second kappa shape index (κ2) is 16.1. The molecule has 0 saturated heterocycles. The van der Waals surface area contributed by atoms with E-state index in [0.29, 0.717) is 23.7 Å². The molecule has 4 fully saturated rings. The molecule has 0 radical (unpaired) electrons. The van der Waals surface area contributed by atoms with Gasteiger partial charge in [-0.15, -0.1) is 0 Å². The van der Waals surface area contributed by atoms with Crippen LogP contribution in [0.3, 0.4) is 0 Å². The molecule has 1 aromatic heterocycles. The summed E-state index contributed by atoms with van der Waals surface area (Å²) in [5, 5.41) is 0. The SMILES string of the molecule is Cc1cc(C2CCCCC2)c(N=Cc2cccc(C=Nc3c(C4CCCCC4)cc(C)cc3C3CCCCC3)n2)c(C2CCCCC2)c1. The Morgan fingerprint density at radius 2 is 0.750 bits per heavy atom. The van der Waals surface area contributed by atoms with Crippen molar-refractivity contribution in [1.82, 2.24) is 4.98 Å². The van der Waals surface area contributed by atoms with Crippen molar-refractivity contribution in [3.8, 4) is 0 Å². The Labute approximate surface area is 291 Å². The van der Waals surface area contributed by atoms with Crippen LogP contribution in [0.25, 0.3) is 0 Å². The molecule has 0 atom stereocenters. The van der Waals surface area contributed by atoms with Crippen LogP contribution < -0.4 is 0 Å². The van der Waals surface area contributed by atoms with Crippen molar-refractivity contribution in [3.63, 3.8) is 0 Å². The fraction of sp³-hybridized carbons (Fsp3) is 0.578. The lowest BCUT2D eigenvalue weighted by atomic mass is 9.78. The molecule has 48 heavy (non-hydrogen) atoms. The zero-order valence-electron chi connectivity index (χ0n) is 30.0. The third-order valence-electron chi connectivity index (χ3n) is 12.3. The van der Waals surface area contributed by atoms with E-state index in [2.05, 4.69) is 56.3 Å². The number of pyridine rings is 1. The van der Waals surface area contributed by atoms with Crippen LogP contribution >= 0.6 is 0 Å². The van der Waals surface area contributed by atoms with Gasteiger partial charge in [-0.3, -0.25) is 9.98 Å². The van der Waals surface area contributed by atoms with E-state index in [0.717, 1.165) is 11.4 Å². The summed E-state index contributed by atoms with van der Waals surface area (Å²) in [5.41, 5.74) is 13.2. The summed E-state index contributed by atoms with van der Waals surface area (Å²) in [6.45, 7) is 4.59. The first-order chi connectivity index (χ1) is 23.6. The smallest absolute Gasteiger partial charge is 0.0820 e. The number of hydrogen-bond acceptors (Lipinski definition) is 3. The van der Waals surface area contributed by atoms with Crippen molar-refractivity contribution >= 4 is 23.8 Å². The summed E-state index contributed by atoms with van der Waals surface area (Å²) in [6, 6.07) is 16.2. The predicted molar refractivity (Wildman–Crippen MR) is 204 cm³/mol. The van der Waals surface area contributed by atoms with Gasteiger partial charge in [0.2, 0.25) is 0 Å². The quantitative estimate of drug-likeness (QED) is 0.226. The Balaban J connectivity index is 1.21. The van der Waals surface area contributed by atoms with Crippen LogP contribution in [0.2, 0.25) is 0 Å². The van der Waals surface area contributed by atoms with Gasteiger partial charge in [-0.1, -0.05) is 119 Å². The van der Waals surface area contributed by atoms with Crippen molar-refractivity contribution in [3.05, 3.63) is 87.2 Å². The molecule has 3 nitrogen and oxygen atoms in total. The molecule has 2 aromatic carbocycles. The largest absolute Gasteiger partial charge is 0.254 e. The molecule has 0 N–H and O–H groups in total. The second-order valence-electron chi connectivity index (χ2n) is 15.9. The minimum Gasteiger partial charge on any atom is -0.254 e. The fourth-order valence-electron chi connectivity index (χ4n) is 9.74. The van der Waals surface area contributed by atoms with Crippen molar-refractivity contribution in [2.45, 2.75) is 166 Å². The highest BCUT2D eigenvalue weighted by Crippen LogP contribution is 2.46. The van der Waals surface area contributed by atoms with Gasteiger partial charge in [-0.25, -0.2) is 4.98 Å². The topological polar surface area (TPSA) is 37.6 Å². The van der Waals surface area contributed by atoms with Gasteiger partial charge in [0.15, 0.2) is 0 Å². The molecule has 4 aliphatic rings. The summed E-state index contributed by atoms with van der Waals surface area (Å²) in [6.07, 6.45) is 30.7. The zero-order valence-corrected chi connectivity index (χ0v) is 30.0. The van der Waals surface area contributed by atoms with E-state index in [4.69, 9.17) is 15.0 Å². The predicted octanol–water partition coefficient (Wildman–Crippen LogP) is 13.4. The van der Waals surface area contributed by atoms with Gasteiger partial charge in [0.05, 0.1) is 35.2 Å².